The van der Waals surface area contributed by atoms with Gasteiger partial charge in [-0.25, -0.2) is 4.79 Å². The average Bonchev–Trinajstić information content (AvgIpc) is 2.48. The number of amides is 2. The molecule has 94 valence electrons. The Labute approximate surface area is 93.0 Å². The molecular weight excluding hydrogens is 221 g/mol. The van der Waals surface area contributed by atoms with Gasteiger partial charge >= 0.3 is 12.2 Å². The summed E-state index contributed by atoms with van der Waals surface area (Å²) in [5.41, 5.74) is 0. The Hall–Kier alpha value is -0.940. The van der Waals surface area contributed by atoms with E-state index in [1.807, 2.05) is 13.8 Å². The summed E-state index contributed by atoms with van der Waals surface area (Å²) in [7, 11) is 0. The molecule has 0 aromatic carbocycles. The highest BCUT2D eigenvalue weighted by Gasteiger charge is 2.36. The number of hydrogen-bond donors (Lipinski definition) is 1. The van der Waals surface area contributed by atoms with Gasteiger partial charge in [0.05, 0.1) is 0 Å². The Morgan fingerprint density at radius 2 is 2.12 bits per heavy atom. The van der Waals surface area contributed by atoms with E-state index in [0.29, 0.717) is 13.0 Å². The van der Waals surface area contributed by atoms with Crippen LogP contribution >= 0.6 is 0 Å². The number of carbonyl (C=O) groups excluding carboxylic acids is 1. The van der Waals surface area contributed by atoms with E-state index in [2.05, 4.69) is 5.32 Å². The van der Waals surface area contributed by atoms with Crippen molar-refractivity contribution in [1.29, 1.82) is 0 Å². The van der Waals surface area contributed by atoms with E-state index in [1.54, 1.807) is 0 Å². The van der Waals surface area contributed by atoms with Crippen molar-refractivity contribution in [1.82, 2.24) is 10.2 Å². The predicted octanol–water partition coefficient (Wildman–Crippen LogP) is 2.38. The van der Waals surface area contributed by atoms with Crippen LogP contribution in [-0.2, 0) is 0 Å². The Morgan fingerprint density at radius 1 is 1.50 bits per heavy atom. The Balaban J connectivity index is 2.38. The molecule has 0 aromatic heterocycles. The largest absolute Gasteiger partial charge is 0.389 e. The first-order chi connectivity index (χ1) is 7.28. The molecule has 0 bridgehead atoms. The van der Waals surface area contributed by atoms with E-state index in [0.717, 1.165) is 0 Å². The second kappa shape index (κ2) is 4.93. The molecule has 1 fully saturated rings. The summed E-state index contributed by atoms with van der Waals surface area (Å²) >= 11 is 0. The molecule has 0 unspecified atom stereocenters. The maximum atomic E-state index is 12.1. The highest BCUT2D eigenvalue weighted by Crippen LogP contribution is 2.30. The van der Waals surface area contributed by atoms with Gasteiger partial charge in [0, 0.05) is 25.6 Å². The number of hydrogen-bond acceptors (Lipinski definition) is 1. The molecule has 1 N–H and O–H groups in total. The van der Waals surface area contributed by atoms with Crippen LogP contribution in [0.25, 0.3) is 0 Å². The molecule has 0 aromatic rings. The number of carbonyl (C=O) groups is 1. The lowest BCUT2D eigenvalue weighted by Gasteiger charge is -2.19. The Bertz CT molecular complexity index is 253. The zero-order valence-electron chi connectivity index (χ0n) is 9.47. The maximum absolute atomic E-state index is 12.1. The summed E-state index contributed by atoms with van der Waals surface area (Å²) in [4.78, 5) is 13.0. The minimum atomic E-state index is -4.13. The summed E-state index contributed by atoms with van der Waals surface area (Å²) < 4.78 is 36.4. The summed E-state index contributed by atoms with van der Waals surface area (Å²) in [5, 5.41) is 2.67. The minimum Gasteiger partial charge on any atom is -0.336 e. The zero-order chi connectivity index (χ0) is 12.3. The summed E-state index contributed by atoms with van der Waals surface area (Å²) in [5.74, 6) is -0.446. The first-order valence-electron chi connectivity index (χ1n) is 5.40. The van der Waals surface area contributed by atoms with Crippen molar-refractivity contribution in [2.75, 3.05) is 13.1 Å². The molecule has 16 heavy (non-hydrogen) atoms. The van der Waals surface area contributed by atoms with Gasteiger partial charge in [0.25, 0.3) is 0 Å². The molecule has 6 heteroatoms. The molecular formula is C10H17F3N2O. The molecule has 0 saturated carbocycles. The van der Waals surface area contributed by atoms with Crippen molar-refractivity contribution in [3.05, 3.63) is 0 Å². The lowest BCUT2D eigenvalue weighted by Crippen LogP contribution is -2.41. The lowest BCUT2D eigenvalue weighted by molar-refractivity contribution is -0.143. The SMILES string of the molecule is CC(C)NC(=O)N1CC[C@@H](CC(F)(F)F)C1. The number of halogens is 3. The van der Waals surface area contributed by atoms with E-state index >= 15 is 0 Å². The van der Waals surface area contributed by atoms with E-state index in [-0.39, 0.29) is 18.6 Å². The van der Waals surface area contributed by atoms with Crippen LogP contribution in [-0.4, -0.2) is 36.2 Å². The predicted molar refractivity (Wildman–Crippen MR) is 54.0 cm³/mol. The Kier molecular flexibility index (Phi) is 4.04. The van der Waals surface area contributed by atoms with Gasteiger partial charge in [-0.05, 0) is 26.2 Å². The fourth-order valence-electron chi connectivity index (χ4n) is 1.85. The number of likely N-dealkylation sites (tertiary alicyclic amines) is 1. The molecule has 1 aliphatic heterocycles. The fraction of sp³-hybridized carbons (Fsp3) is 0.900. The first kappa shape index (κ1) is 13.1. The molecule has 0 spiro atoms. The van der Waals surface area contributed by atoms with Crippen molar-refractivity contribution in [2.45, 2.75) is 38.9 Å². The highest BCUT2D eigenvalue weighted by molar-refractivity contribution is 5.74. The van der Waals surface area contributed by atoms with Crippen LogP contribution in [0.15, 0.2) is 0 Å². The minimum absolute atomic E-state index is 0.00849. The van der Waals surface area contributed by atoms with Crippen molar-refractivity contribution in [3.8, 4) is 0 Å². The van der Waals surface area contributed by atoms with Crippen molar-refractivity contribution in [3.63, 3.8) is 0 Å². The Morgan fingerprint density at radius 3 is 2.62 bits per heavy atom. The molecule has 1 atom stereocenters. The molecule has 3 nitrogen and oxygen atoms in total. The summed E-state index contributed by atoms with van der Waals surface area (Å²) in [6, 6.07) is -0.256. The number of rotatable bonds is 2. The zero-order valence-corrected chi connectivity index (χ0v) is 9.47. The van der Waals surface area contributed by atoms with Crippen LogP contribution in [0.4, 0.5) is 18.0 Å². The monoisotopic (exact) mass is 238 g/mol. The average molecular weight is 238 g/mol. The molecule has 2 amide bonds. The van der Waals surface area contributed by atoms with Crippen LogP contribution in [0.5, 0.6) is 0 Å². The third-order valence-electron chi connectivity index (χ3n) is 2.51. The van der Waals surface area contributed by atoms with E-state index in [1.165, 1.54) is 4.90 Å². The van der Waals surface area contributed by atoms with Crippen molar-refractivity contribution >= 4 is 6.03 Å². The van der Waals surface area contributed by atoms with E-state index in [4.69, 9.17) is 0 Å². The fourth-order valence-corrected chi connectivity index (χ4v) is 1.85. The number of urea groups is 1. The topological polar surface area (TPSA) is 32.3 Å². The number of nitrogens with one attached hydrogen (secondary N) is 1. The number of nitrogens with zero attached hydrogens (tertiary/aromatic N) is 1. The van der Waals surface area contributed by atoms with Gasteiger partial charge in [-0.1, -0.05) is 0 Å². The lowest BCUT2D eigenvalue weighted by atomic mass is 10.1. The molecule has 1 saturated heterocycles. The maximum Gasteiger partial charge on any atom is 0.389 e. The molecule has 1 rings (SSSR count). The van der Waals surface area contributed by atoms with Gasteiger partial charge in [0.1, 0.15) is 0 Å². The first-order valence-corrected chi connectivity index (χ1v) is 5.40. The smallest absolute Gasteiger partial charge is 0.336 e. The summed E-state index contributed by atoms with van der Waals surface area (Å²) in [6.45, 7) is 4.26. The molecule has 1 aliphatic rings. The van der Waals surface area contributed by atoms with Crippen LogP contribution in [0, 0.1) is 5.92 Å². The second-order valence-corrected chi connectivity index (χ2v) is 4.52. The van der Waals surface area contributed by atoms with Crippen LogP contribution < -0.4 is 5.32 Å². The normalized spacial score (nSPS) is 21.6. The van der Waals surface area contributed by atoms with E-state index < -0.39 is 18.5 Å². The van der Waals surface area contributed by atoms with Crippen molar-refractivity contribution < 1.29 is 18.0 Å². The van der Waals surface area contributed by atoms with Gasteiger partial charge in [-0.3, -0.25) is 0 Å². The van der Waals surface area contributed by atoms with E-state index in [9.17, 15) is 18.0 Å². The second-order valence-electron chi connectivity index (χ2n) is 4.52. The van der Waals surface area contributed by atoms with Gasteiger partial charge in [0.15, 0.2) is 0 Å². The van der Waals surface area contributed by atoms with Crippen molar-refractivity contribution in [2.24, 2.45) is 5.92 Å². The number of alkyl halides is 3. The standard InChI is InChI=1S/C10H17F3N2O/c1-7(2)14-9(16)15-4-3-8(6-15)5-10(11,12)13/h7-8H,3-6H2,1-2H3,(H,14,16)/t8-/m0/s1. The highest BCUT2D eigenvalue weighted by atomic mass is 19.4. The van der Waals surface area contributed by atoms with Gasteiger partial charge in [-0.15, -0.1) is 0 Å². The van der Waals surface area contributed by atoms with Crippen LogP contribution in [0.2, 0.25) is 0 Å². The van der Waals surface area contributed by atoms with Gasteiger partial charge in [0.2, 0.25) is 0 Å². The third-order valence-corrected chi connectivity index (χ3v) is 2.51. The van der Waals surface area contributed by atoms with Crippen LogP contribution in [0.3, 0.4) is 0 Å². The van der Waals surface area contributed by atoms with Gasteiger partial charge < -0.3 is 10.2 Å². The quantitative estimate of drug-likeness (QED) is 0.787. The molecule has 0 radical (unpaired) electrons. The third kappa shape index (κ3) is 4.28. The molecule has 1 heterocycles. The molecule has 0 aliphatic carbocycles. The summed E-state index contributed by atoms with van der Waals surface area (Å²) in [6.07, 6.45) is -4.49. The van der Waals surface area contributed by atoms with Crippen LogP contribution in [0.1, 0.15) is 26.7 Å². The van der Waals surface area contributed by atoms with Gasteiger partial charge in [-0.2, -0.15) is 13.2 Å².